The Morgan fingerprint density at radius 3 is 2.94 bits per heavy atom. The Labute approximate surface area is 96.3 Å². The zero-order valence-corrected chi connectivity index (χ0v) is 9.48. The van der Waals surface area contributed by atoms with E-state index in [2.05, 4.69) is 24.3 Å². The van der Waals surface area contributed by atoms with E-state index in [0.29, 0.717) is 12.3 Å². The molecule has 0 saturated heterocycles. The van der Waals surface area contributed by atoms with E-state index in [-0.39, 0.29) is 0 Å². The Morgan fingerprint density at radius 2 is 2.12 bits per heavy atom. The van der Waals surface area contributed by atoms with Crippen molar-refractivity contribution in [1.82, 2.24) is 0 Å². The van der Waals surface area contributed by atoms with Crippen LogP contribution in [-0.4, -0.2) is 11.1 Å². The topological polar surface area (TPSA) is 37.3 Å². The zero-order chi connectivity index (χ0) is 11.4. The third kappa shape index (κ3) is 2.63. The van der Waals surface area contributed by atoms with Gasteiger partial charge in [-0.2, -0.15) is 0 Å². The quantitative estimate of drug-likeness (QED) is 0.769. The fraction of sp³-hybridized carbons (Fsp3) is 0.500. The molecule has 1 aliphatic carbocycles. The zero-order valence-electron chi connectivity index (χ0n) is 9.48. The molecule has 1 atom stereocenters. The Morgan fingerprint density at radius 1 is 1.31 bits per heavy atom. The van der Waals surface area contributed by atoms with E-state index in [1.165, 1.54) is 24.0 Å². The van der Waals surface area contributed by atoms with Crippen LogP contribution in [0.25, 0.3) is 0 Å². The van der Waals surface area contributed by atoms with E-state index in [9.17, 15) is 4.79 Å². The molecule has 0 aliphatic heterocycles. The molecule has 16 heavy (non-hydrogen) atoms. The second-order valence-electron chi connectivity index (χ2n) is 4.57. The standard InChI is InChI=1S/C14H18O2/c15-14(16)8-4-2-6-12-10-9-11-5-1-3-7-13(11)12/h1,3,5,7,12H,2,4,6,8-10H2,(H,15,16). The highest BCUT2D eigenvalue weighted by Crippen LogP contribution is 2.36. The third-order valence-electron chi connectivity index (χ3n) is 3.45. The van der Waals surface area contributed by atoms with Crippen molar-refractivity contribution in [2.45, 2.75) is 44.4 Å². The second kappa shape index (κ2) is 5.15. The number of hydrogen-bond acceptors (Lipinski definition) is 1. The number of carbonyl (C=O) groups is 1. The van der Waals surface area contributed by atoms with Crippen LogP contribution in [0.4, 0.5) is 0 Å². The summed E-state index contributed by atoms with van der Waals surface area (Å²) in [6.45, 7) is 0. The van der Waals surface area contributed by atoms with Gasteiger partial charge in [0, 0.05) is 6.42 Å². The lowest BCUT2D eigenvalue weighted by molar-refractivity contribution is -0.137. The summed E-state index contributed by atoms with van der Waals surface area (Å²) >= 11 is 0. The fourth-order valence-corrected chi connectivity index (χ4v) is 2.61. The molecule has 2 nitrogen and oxygen atoms in total. The van der Waals surface area contributed by atoms with E-state index in [1.54, 1.807) is 0 Å². The van der Waals surface area contributed by atoms with Crippen molar-refractivity contribution < 1.29 is 9.90 Å². The van der Waals surface area contributed by atoms with Crippen LogP contribution in [0.2, 0.25) is 0 Å². The molecule has 0 spiro atoms. The van der Waals surface area contributed by atoms with E-state index in [0.717, 1.165) is 19.3 Å². The van der Waals surface area contributed by atoms with Gasteiger partial charge in [0.05, 0.1) is 0 Å². The van der Waals surface area contributed by atoms with Gasteiger partial charge in [0.2, 0.25) is 0 Å². The number of rotatable bonds is 5. The Balaban J connectivity index is 1.82. The number of unbranched alkanes of at least 4 members (excludes halogenated alkanes) is 1. The van der Waals surface area contributed by atoms with Gasteiger partial charge in [-0.25, -0.2) is 0 Å². The van der Waals surface area contributed by atoms with Crippen molar-refractivity contribution in [2.75, 3.05) is 0 Å². The maximum Gasteiger partial charge on any atom is 0.303 e. The summed E-state index contributed by atoms with van der Waals surface area (Å²) in [5, 5.41) is 8.56. The lowest BCUT2D eigenvalue weighted by Crippen LogP contribution is -1.97. The smallest absolute Gasteiger partial charge is 0.303 e. The molecule has 2 rings (SSSR count). The van der Waals surface area contributed by atoms with Gasteiger partial charge in [0.25, 0.3) is 0 Å². The normalized spacial score (nSPS) is 18.4. The van der Waals surface area contributed by atoms with Crippen molar-refractivity contribution in [3.8, 4) is 0 Å². The lowest BCUT2D eigenvalue weighted by atomic mass is 9.95. The maximum atomic E-state index is 10.4. The Hall–Kier alpha value is -1.31. The summed E-state index contributed by atoms with van der Waals surface area (Å²) in [6, 6.07) is 8.65. The predicted octanol–water partition coefficient (Wildman–Crippen LogP) is 3.36. The number of carboxylic acid groups (broad SMARTS) is 1. The van der Waals surface area contributed by atoms with Crippen molar-refractivity contribution in [2.24, 2.45) is 0 Å². The van der Waals surface area contributed by atoms with Crippen LogP contribution in [0.3, 0.4) is 0 Å². The molecule has 2 heteroatoms. The third-order valence-corrected chi connectivity index (χ3v) is 3.45. The van der Waals surface area contributed by atoms with Crippen LogP contribution in [0, 0.1) is 0 Å². The lowest BCUT2D eigenvalue weighted by Gasteiger charge is -2.10. The molecule has 0 amide bonds. The first-order valence-electron chi connectivity index (χ1n) is 6.07. The van der Waals surface area contributed by atoms with Crippen molar-refractivity contribution in [1.29, 1.82) is 0 Å². The SMILES string of the molecule is O=C(O)CCCCC1CCc2ccccc21. The number of benzene rings is 1. The molecule has 1 aliphatic rings. The van der Waals surface area contributed by atoms with Gasteiger partial charge in [-0.05, 0) is 42.7 Å². The fourth-order valence-electron chi connectivity index (χ4n) is 2.61. The summed E-state index contributed by atoms with van der Waals surface area (Å²) in [7, 11) is 0. The molecule has 0 radical (unpaired) electrons. The molecule has 1 aromatic carbocycles. The van der Waals surface area contributed by atoms with Gasteiger partial charge in [0.1, 0.15) is 0 Å². The molecule has 1 aromatic rings. The monoisotopic (exact) mass is 218 g/mol. The second-order valence-corrected chi connectivity index (χ2v) is 4.57. The summed E-state index contributed by atoms with van der Waals surface area (Å²) in [5.74, 6) is -0.00295. The minimum Gasteiger partial charge on any atom is -0.481 e. The van der Waals surface area contributed by atoms with Crippen LogP contribution in [0.15, 0.2) is 24.3 Å². The van der Waals surface area contributed by atoms with E-state index in [4.69, 9.17) is 5.11 Å². The van der Waals surface area contributed by atoms with Crippen LogP contribution >= 0.6 is 0 Å². The largest absolute Gasteiger partial charge is 0.481 e. The Kier molecular flexibility index (Phi) is 3.60. The molecule has 0 aromatic heterocycles. The van der Waals surface area contributed by atoms with Gasteiger partial charge in [-0.1, -0.05) is 30.7 Å². The van der Waals surface area contributed by atoms with Crippen molar-refractivity contribution in [3.05, 3.63) is 35.4 Å². The van der Waals surface area contributed by atoms with Gasteiger partial charge in [-0.15, -0.1) is 0 Å². The van der Waals surface area contributed by atoms with Crippen LogP contribution in [-0.2, 0) is 11.2 Å². The first kappa shape index (κ1) is 11.2. The maximum absolute atomic E-state index is 10.4. The number of carboxylic acids is 1. The molecular formula is C14H18O2. The van der Waals surface area contributed by atoms with E-state index in [1.807, 2.05) is 0 Å². The minimum absolute atomic E-state index is 0.314. The average Bonchev–Trinajstić information content (AvgIpc) is 2.68. The molecule has 0 bridgehead atoms. The highest BCUT2D eigenvalue weighted by molar-refractivity contribution is 5.66. The molecule has 0 saturated carbocycles. The van der Waals surface area contributed by atoms with Crippen LogP contribution < -0.4 is 0 Å². The average molecular weight is 218 g/mol. The van der Waals surface area contributed by atoms with E-state index < -0.39 is 5.97 Å². The number of aliphatic carboxylic acids is 1. The van der Waals surface area contributed by atoms with E-state index >= 15 is 0 Å². The van der Waals surface area contributed by atoms with Crippen LogP contribution in [0.1, 0.15) is 49.1 Å². The molecule has 0 heterocycles. The molecule has 86 valence electrons. The summed E-state index contributed by atoms with van der Waals surface area (Å²) in [6.07, 6.45) is 5.74. The van der Waals surface area contributed by atoms with Gasteiger partial charge < -0.3 is 5.11 Å². The minimum atomic E-state index is -0.674. The highest BCUT2D eigenvalue weighted by Gasteiger charge is 2.20. The first-order valence-corrected chi connectivity index (χ1v) is 6.07. The Bertz CT molecular complexity index is 371. The van der Waals surface area contributed by atoms with Crippen LogP contribution in [0.5, 0.6) is 0 Å². The molecule has 1 N–H and O–H groups in total. The number of fused-ring (bicyclic) bond motifs is 1. The van der Waals surface area contributed by atoms with Crippen molar-refractivity contribution >= 4 is 5.97 Å². The molecular weight excluding hydrogens is 200 g/mol. The van der Waals surface area contributed by atoms with Gasteiger partial charge in [0.15, 0.2) is 0 Å². The van der Waals surface area contributed by atoms with Crippen molar-refractivity contribution in [3.63, 3.8) is 0 Å². The van der Waals surface area contributed by atoms with Gasteiger partial charge >= 0.3 is 5.97 Å². The highest BCUT2D eigenvalue weighted by atomic mass is 16.4. The number of aryl methyl sites for hydroxylation is 1. The summed E-state index contributed by atoms with van der Waals surface area (Å²) in [4.78, 5) is 10.4. The first-order chi connectivity index (χ1) is 7.77. The molecule has 1 unspecified atom stereocenters. The summed E-state index contributed by atoms with van der Waals surface area (Å²) < 4.78 is 0. The predicted molar refractivity (Wildman–Crippen MR) is 63.6 cm³/mol. The molecule has 0 fully saturated rings. The van der Waals surface area contributed by atoms with Gasteiger partial charge in [-0.3, -0.25) is 4.79 Å². The summed E-state index contributed by atoms with van der Waals surface area (Å²) in [5.41, 5.74) is 2.99. The number of hydrogen-bond donors (Lipinski definition) is 1.